The van der Waals surface area contributed by atoms with Crippen LogP contribution < -0.4 is 5.32 Å². The lowest BCUT2D eigenvalue weighted by Crippen LogP contribution is -2.40. The summed E-state index contributed by atoms with van der Waals surface area (Å²) < 4.78 is 18.9. The van der Waals surface area contributed by atoms with E-state index in [4.69, 9.17) is 14.2 Å². The number of carbonyl (C=O) groups is 2. The average molecular weight is 555 g/mol. The molecule has 1 aromatic heterocycles. The average Bonchev–Trinajstić information content (AvgIpc) is 3.10. The first-order valence-corrected chi connectivity index (χ1v) is 11.8. The Balaban J connectivity index is 1.75. The van der Waals surface area contributed by atoms with Crippen molar-refractivity contribution in [3.8, 4) is 0 Å². The van der Waals surface area contributed by atoms with E-state index in [1.807, 2.05) is 51.1 Å². The van der Waals surface area contributed by atoms with Gasteiger partial charge in [0.1, 0.15) is 28.3 Å². The molecule has 1 N–H and O–H groups in total. The topological polar surface area (TPSA) is 91.7 Å². The largest absolute Gasteiger partial charge is 0.459 e. The second-order valence-corrected chi connectivity index (χ2v) is 9.87. The van der Waals surface area contributed by atoms with Crippen LogP contribution >= 0.6 is 22.6 Å². The fraction of sp³-hybridized carbons (Fsp3) is 0.522. The zero-order chi connectivity index (χ0) is 23.1. The Bertz CT molecular complexity index is 904. The molecule has 1 fully saturated rings. The third-order valence-corrected chi connectivity index (χ3v) is 5.53. The molecule has 1 aliphatic heterocycles. The molecule has 1 atom stereocenters. The van der Waals surface area contributed by atoms with E-state index in [0.29, 0.717) is 19.0 Å². The number of carbonyl (C=O) groups excluding carboxylic acids is 2. The van der Waals surface area contributed by atoms with Crippen LogP contribution in [0.3, 0.4) is 0 Å². The number of ether oxygens (including phenoxy) is 3. The second kappa shape index (κ2) is 11.1. The zero-order valence-electron chi connectivity index (χ0n) is 18.7. The Labute approximate surface area is 202 Å². The lowest BCUT2D eigenvalue weighted by molar-refractivity contribution is -0.145. The Hall–Kier alpha value is -2.14. The van der Waals surface area contributed by atoms with Crippen LogP contribution in [0.1, 0.15) is 51.0 Å². The number of hydrogen-bond donors (Lipinski definition) is 1. The van der Waals surface area contributed by atoms with Crippen molar-refractivity contribution in [3.05, 3.63) is 51.6 Å². The van der Waals surface area contributed by atoms with Gasteiger partial charge in [-0.2, -0.15) is 0 Å². The maximum atomic E-state index is 12.6. The van der Waals surface area contributed by atoms with Crippen LogP contribution in [0.15, 0.2) is 36.5 Å². The minimum Gasteiger partial charge on any atom is -0.459 e. The number of esters is 1. The molecular formula is C23H30IN3O5. The van der Waals surface area contributed by atoms with Crippen molar-refractivity contribution in [2.75, 3.05) is 13.2 Å². The van der Waals surface area contributed by atoms with Gasteiger partial charge >= 0.3 is 12.1 Å². The van der Waals surface area contributed by atoms with Gasteiger partial charge in [0.15, 0.2) is 0 Å². The monoisotopic (exact) mass is 555 g/mol. The summed E-state index contributed by atoms with van der Waals surface area (Å²) in [6.07, 6.45) is 2.85. The van der Waals surface area contributed by atoms with Gasteiger partial charge in [0.05, 0.1) is 6.04 Å². The molecule has 2 heterocycles. The highest BCUT2D eigenvalue weighted by Gasteiger charge is 2.32. The number of amides is 1. The van der Waals surface area contributed by atoms with Crippen molar-refractivity contribution < 1.29 is 23.8 Å². The lowest BCUT2D eigenvalue weighted by atomic mass is 9.91. The second-order valence-electron chi connectivity index (χ2n) is 8.77. The summed E-state index contributed by atoms with van der Waals surface area (Å²) in [5.41, 5.74) is 0.308. The number of imidazole rings is 1. The van der Waals surface area contributed by atoms with Crippen LogP contribution in [0.4, 0.5) is 4.79 Å². The Morgan fingerprint density at radius 2 is 1.94 bits per heavy atom. The molecule has 0 spiro atoms. The van der Waals surface area contributed by atoms with Gasteiger partial charge in [-0.15, -0.1) is 0 Å². The molecule has 0 radical (unpaired) electrons. The van der Waals surface area contributed by atoms with Crippen LogP contribution in [0.2, 0.25) is 0 Å². The maximum absolute atomic E-state index is 12.6. The fourth-order valence-electron chi connectivity index (χ4n) is 3.57. The molecule has 32 heavy (non-hydrogen) atoms. The first kappa shape index (κ1) is 24.5. The Morgan fingerprint density at radius 3 is 2.59 bits per heavy atom. The van der Waals surface area contributed by atoms with Gasteiger partial charge in [-0.25, -0.2) is 9.78 Å². The molecule has 2 aromatic rings. The van der Waals surface area contributed by atoms with Gasteiger partial charge in [-0.3, -0.25) is 4.79 Å². The zero-order valence-corrected chi connectivity index (χ0v) is 20.8. The maximum Gasteiger partial charge on any atom is 0.408 e. The van der Waals surface area contributed by atoms with Crippen molar-refractivity contribution in [1.82, 2.24) is 14.9 Å². The van der Waals surface area contributed by atoms with E-state index in [0.717, 1.165) is 22.1 Å². The highest BCUT2D eigenvalue weighted by atomic mass is 127. The molecular weight excluding hydrogens is 525 g/mol. The number of nitrogens with zero attached hydrogens (tertiary/aromatic N) is 2. The van der Waals surface area contributed by atoms with Gasteiger partial charge in [0, 0.05) is 19.4 Å². The molecule has 8 nitrogen and oxygen atoms in total. The first-order chi connectivity index (χ1) is 15.2. The van der Waals surface area contributed by atoms with Gasteiger partial charge in [0.2, 0.25) is 0 Å². The van der Waals surface area contributed by atoms with Crippen LogP contribution in [0, 0.1) is 9.62 Å². The summed E-state index contributed by atoms with van der Waals surface area (Å²) in [4.78, 5) is 29.8. The first-order valence-electron chi connectivity index (χ1n) is 10.7. The van der Waals surface area contributed by atoms with Crippen molar-refractivity contribution in [3.63, 3.8) is 0 Å². The standard InChI is InChI=1S/C23H30IN3O5/c1-23(2,3)32-22(29)26-20(17-9-11-30-12-10-17)21-25-18(24)13-27(21)14-19(28)31-15-16-7-5-4-6-8-16/h4-8,13,17,20H,9-12,14-15H2,1-3H3,(H,26,29)/t20-/m1/s1. The number of halogens is 1. The van der Waals surface area contributed by atoms with Gasteiger partial charge in [0.25, 0.3) is 0 Å². The van der Waals surface area contributed by atoms with Gasteiger partial charge in [-0.05, 0) is 67.7 Å². The number of aromatic nitrogens is 2. The van der Waals surface area contributed by atoms with Crippen LogP contribution in [-0.2, 0) is 32.2 Å². The minimum absolute atomic E-state index is 0.00782. The molecule has 1 saturated heterocycles. The summed E-state index contributed by atoms with van der Waals surface area (Å²) in [6, 6.07) is 9.13. The third-order valence-electron chi connectivity index (χ3n) is 5.01. The molecule has 0 aliphatic carbocycles. The number of alkyl carbamates (subject to hydrolysis) is 1. The molecule has 9 heteroatoms. The Kier molecular flexibility index (Phi) is 8.52. The molecule has 0 saturated carbocycles. The van der Waals surface area contributed by atoms with E-state index >= 15 is 0 Å². The summed E-state index contributed by atoms with van der Waals surface area (Å²) in [5, 5.41) is 2.99. The van der Waals surface area contributed by atoms with E-state index in [9.17, 15) is 9.59 Å². The molecule has 0 unspecified atom stereocenters. The van der Waals surface area contributed by atoms with E-state index in [1.54, 1.807) is 10.8 Å². The molecule has 174 valence electrons. The molecule has 1 amide bonds. The number of benzene rings is 1. The predicted molar refractivity (Wildman–Crippen MR) is 127 cm³/mol. The van der Waals surface area contributed by atoms with E-state index in [1.165, 1.54) is 0 Å². The molecule has 3 rings (SSSR count). The Morgan fingerprint density at radius 1 is 1.25 bits per heavy atom. The van der Waals surface area contributed by atoms with E-state index < -0.39 is 17.7 Å². The number of nitrogens with one attached hydrogen (secondary N) is 1. The minimum atomic E-state index is -0.616. The SMILES string of the molecule is CC(C)(C)OC(=O)N[C@@H](c1nc(I)cn1CC(=O)OCc1ccccc1)C1CCOCC1. The molecule has 0 bridgehead atoms. The van der Waals surface area contributed by atoms with Gasteiger partial charge < -0.3 is 24.1 Å². The lowest BCUT2D eigenvalue weighted by Gasteiger charge is -2.31. The molecule has 1 aliphatic rings. The highest BCUT2D eigenvalue weighted by molar-refractivity contribution is 14.1. The van der Waals surface area contributed by atoms with Crippen molar-refractivity contribution in [2.24, 2.45) is 5.92 Å². The normalized spacial score (nSPS) is 15.8. The highest BCUT2D eigenvalue weighted by Crippen LogP contribution is 2.30. The van der Waals surface area contributed by atoms with Crippen molar-refractivity contribution in [1.29, 1.82) is 0 Å². The summed E-state index contributed by atoms with van der Waals surface area (Å²) in [6.45, 7) is 6.92. The smallest absolute Gasteiger partial charge is 0.408 e. The number of rotatable bonds is 7. The predicted octanol–water partition coefficient (Wildman–Crippen LogP) is 4.22. The van der Waals surface area contributed by atoms with E-state index in [2.05, 4.69) is 32.9 Å². The van der Waals surface area contributed by atoms with E-state index in [-0.39, 0.29) is 25.0 Å². The van der Waals surface area contributed by atoms with Gasteiger partial charge in [-0.1, -0.05) is 30.3 Å². The number of hydrogen-bond acceptors (Lipinski definition) is 6. The summed E-state index contributed by atoms with van der Waals surface area (Å²) in [7, 11) is 0. The third kappa shape index (κ3) is 7.47. The fourth-order valence-corrected chi connectivity index (χ4v) is 4.16. The van der Waals surface area contributed by atoms with Crippen molar-refractivity contribution >= 4 is 34.7 Å². The van der Waals surface area contributed by atoms with Crippen LogP contribution in [-0.4, -0.2) is 40.4 Å². The summed E-state index contributed by atoms with van der Waals surface area (Å²) in [5.74, 6) is 0.365. The molecule has 1 aromatic carbocycles. The van der Waals surface area contributed by atoms with Crippen molar-refractivity contribution in [2.45, 2.75) is 58.4 Å². The summed E-state index contributed by atoms with van der Waals surface area (Å²) >= 11 is 2.11. The quantitative estimate of drug-likeness (QED) is 0.407. The van der Waals surface area contributed by atoms with Crippen LogP contribution in [0.25, 0.3) is 0 Å². The van der Waals surface area contributed by atoms with Crippen LogP contribution in [0.5, 0.6) is 0 Å².